The third-order valence-electron chi connectivity index (χ3n) is 3.67. The molecule has 0 aliphatic carbocycles. The molecule has 2 aliphatic rings. The zero-order valence-corrected chi connectivity index (χ0v) is 15.6. The largest absolute Gasteiger partial charge is 0.486 e. The van der Waals surface area contributed by atoms with Crippen molar-refractivity contribution in [2.45, 2.75) is 0 Å². The number of hydrogen-bond donors (Lipinski definition) is 1. The zero-order chi connectivity index (χ0) is 18.1. The Hall–Kier alpha value is -2.15. The number of hydrogen-bond acceptors (Lipinski definition) is 5. The van der Waals surface area contributed by atoms with Gasteiger partial charge < -0.3 is 14.8 Å². The molecule has 2 aromatic rings. The van der Waals surface area contributed by atoms with E-state index in [1.54, 1.807) is 24.3 Å². The molecule has 0 bridgehead atoms. The summed E-state index contributed by atoms with van der Waals surface area (Å²) in [6, 6.07) is 10.7. The molecule has 132 valence electrons. The molecule has 2 aliphatic heterocycles. The quantitative estimate of drug-likeness (QED) is 0.736. The number of amidine groups is 1. The number of aliphatic imine (C=N–C) groups is 1. The van der Waals surface area contributed by atoms with Gasteiger partial charge in [-0.15, -0.1) is 0 Å². The number of halogens is 2. The molecule has 4 rings (SSSR count). The van der Waals surface area contributed by atoms with Crippen LogP contribution >= 0.6 is 35.0 Å². The highest BCUT2D eigenvalue weighted by Gasteiger charge is 2.24. The van der Waals surface area contributed by atoms with Crippen LogP contribution in [0.25, 0.3) is 6.08 Å². The van der Waals surface area contributed by atoms with E-state index in [0.29, 0.717) is 50.5 Å². The fourth-order valence-corrected chi connectivity index (χ4v) is 3.64. The van der Waals surface area contributed by atoms with Crippen LogP contribution in [0.4, 0.5) is 5.69 Å². The van der Waals surface area contributed by atoms with Crippen LogP contribution in [-0.2, 0) is 4.79 Å². The molecule has 8 heteroatoms. The number of thioether (sulfide) groups is 1. The second kappa shape index (κ2) is 7.23. The third-order valence-corrected chi connectivity index (χ3v) is 5.39. The van der Waals surface area contributed by atoms with Gasteiger partial charge in [0.1, 0.15) is 13.2 Å². The van der Waals surface area contributed by atoms with Crippen LogP contribution < -0.4 is 14.8 Å². The van der Waals surface area contributed by atoms with Crippen molar-refractivity contribution in [1.82, 2.24) is 5.32 Å². The molecule has 0 radical (unpaired) electrons. The lowest BCUT2D eigenvalue weighted by Gasteiger charge is -2.18. The minimum absolute atomic E-state index is 0.221. The van der Waals surface area contributed by atoms with Gasteiger partial charge in [-0.2, -0.15) is 0 Å². The lowest BCUT2D eigenvalue weighted by Crippen LogP contribution is -2.19. The smallest absolute Gasteiger partial charge is 0.264 e. The van der Waals surface area contributed by atoms with Crippen molar-refractivity contribution >= 4 is 57.8 Å². The highest BCUT2D eigenvalue weighted by molar-refractivity contribution is 8.18. The summed E-state index contributed by atoms with van der Waals surface area (Å²) >= 11 is 13.4. The van der Waals surface area contributed by atoms with E-state index in [2.05, 4.69) is 10.3 Å². The zero-order valence-electron chi connectivity index (χ0n) is 13.3. The molecule has 26 heavy (non-hydrogen) atoms. The number of nitrogens with one attached hydrogen (secondary N) is 1. The van der Waals surface area contributed by atoms with E-state index in [9.17, 15) is 4.79 Å². The maximum absolute atomic E-state index is 12.2. The van der Waals surface area contributed by atoms with Gasteiger partial charge in [-0.25, -0.2) is 4.99 Å². The number of rotatable bonds is 2. The fraction of sp³-hybridized carbons (Fsp3) is 0.111. The monoisotopic (exact) mass is 406 g/mol. The summed E-state index contributed by atoms with van der Waals surface area (Å²) in [5.74, 6) is 1.16. The van der Waals surface area contributed by atoms with E-state index in [-0.39, 0.29) is 5.91 Å². The molecule has 2 heterocycles. The van der Waals surface area contributed by atoms with Crippen LogP contribution in [0.1, 0.15) is 5.56 Å². The van der Waals surface area contributed by atoms with Crippen LogP contribution in [0.3, 0.4) is 0 Å². The highest BCUT2D eigenvalue weighted by atomic mass is 35.5. The Morgan fingerprint density at radius 1 is 1.12 bits per heavy atom. The van der Waals surface area contributed by atoms with Gasteiger partial charge in [0.2, 0.25) is 0 Å². The minimum Gasteiger partial charge on any atom is -0.486 e. The molecule has 1 saturated heterocycles. The number of benzene rings is 2. The van der Waals surface area contributed by atoms with Crippen molar-refractivity contribution in [2.24, 2.45) is 4.99 Å². The summed E-state index contributed by atoms with van der Waals surface area (Å²) in [6.45, 7) is 1.05. The molecule has 0 spiro atoms. The molecule has 2 aromatic carbocycles. The van der Waals surface area contributed by atoms with Crippen molar-refractivity contribution in [3.8, 4) is 11.5 Å². The normalized spacial score (nSPS) is 19.1. The minimum atomic E-state index is -0.221. The van der Waals surface area contributed by atoms with Crippen LogP contribution in [0.15, 0.2) is 46.3 Å². The fourth-order valence-electron chi connectivity index (χ4n) is 2.47. The maximum atomic E-state index is 12.2. The topological polar surface area (TPSA) is 59.9 Å². The SMILES string of the molecule is O=C1NC(=Nc2cccc(Cl)c2Cl)SC1=Cc1ccc2c(c1)OCCO2. The van der Waals surface area contributed by atoms with Crippen molar-refractivity contribution in [2.75, 3.05) is 13.2 Å². The van der Waals surface area contributed by atoms with Gasteiger partial charge >= 0.3 is 0 Å². The number of fused-ring (bicyclic) bond motifs is 1. The lowest BCUT2D eigenvalue weighted by molar-refractivity contribution is -0.115. The summed E-state index contributed by atoms with van der Waals surface area (Å²) in [5.41, 5.74) is 1.34. The van der Waals surface area contributed by atoms with E-state index >= 15 is 0 Å². The Labute approximate surface area is 164 Å². The first-order chi connectivity index (χ1) is 12.6. The first kappa shape index (κ1) is 17.3. The predicted octanol–water partition coefficient (Wildman–Crippen LogP) is 4.66. The molecule has 0 atom stereocenters. The number of ether oxygens (including phenoxy) is 2. The van der Waals surface area contributed by atoms with E-state index in [4.69, 9.17) is 32.7 Å². The summed E-state index contributed by atoms with van der Waals surface area (Å²) < 4.78 is 11.1. The Morgan fingerprint density at radius 2 is 1.92 bits per heavy atom. The van der Waals surface area contributed by atoms with Crippen LogP contribution in [0, 0.1) is 0 Å². The van der Waals surface area contributed by atoms with E-state index in [1.807, 2.05) is 18.2 Å². The average molecular weight is 407 g/mol. The van der Waals surface area contributed by atoms with Gasteiger partial charge in [-0.3, -0.25) is 4.79 Å². The standard InChI is InChI=1S/C18H12Cl2N2O3S/c19-11-2-1-3-12(16(11)20)21-18-22-17(23)15(26-18)9-10-4-5-13-14(8-10)25-7-6-24-13/h1-5,8-9H,6-7H2,(H,21,22,23). The number of carbonyl (C=O) groups excluding carboxylic acids is 1. The van der Waals surface area contributed by atoms with Gasteiger partial charge in [-0.1, -0.05) is 35.3 Å². The summed E-state index contributed by atoms with van der Waals surface area (Å²) in [4.78, 5) is 17.1. The highest BCUT2D eigenvalue weighted by Crippen LogP contribution is 2.36. The van der Waals surface area contributed by atoms with Crippen LogP contribution in [0.5, 0.6) is 11.5 Å². The van der Waals surface area contributed by atoms with E-state index in [1.165, 1.54) is 11.8 Å². The first-order valence-corrected chi connectivity index (χ1v) is 9.30. The van der Waals surface area contributed by atoms with Gasteiger partial charge in [0.05, 0.1) is 20.6 Å². The van der Waals surface area contributed by atoms with Gasteiger partial charge in [0.25, 0.3) is 5.91 Å². The van der Waals surface area contributed by atoms with Crippen molar-refractivity contribution < 1.29 is 14.3 Å². The molecule has 0 aromatic heterocycles. The van der Waals surface area contributed by atoms with Crippen LogP contribution in [0.2, 0.25) is 10.0 Å². The number of amides is 1. The molecule has 1 amide bonds. The number of carbonyl (C=O) groups is 1. The van der Waals surface area contributed by atoms with Gasteiger partial charge in [-0.05, 0) is 47.7 Å². The third kappa shape index (κ3) is 3.53. The molecular formula is C18H12Cl2N2O3S. The predicted molar refractivity (Wildman–Crippen MR) is 105 cm³/mol. The Balaban J connectivity index is 1.59. The molecule has 0 saturated carbocycles. The number of nitrogens with zero attached hydrogens (tertiary/aromatic N) is 1. The average Bonchev–Trinajstić information content (AvgIpc) is 2.98. The Kier molecular flexibility index (Phi) is 4.80. The van der Waals surface area contributed by atoms with Crippen molar-refractivity contribution in [1.29, 1.82) is 0 Å². The maximum Gasteiger partial charge on any atom is 0.264 e. The lowest BCUT2D eigenvalue weighted by atomic mass is 10.2. The van der Waals surface area contributed by atoms with Crippen molar-refractivity contribution in [3.05, 3.63) is 56.9 Å². The van der Waals surface area contributed by atoms with Crippen molar-refractivity contribution in [3.63, 3.8) is 0 Å². The molecule has 1 N–H and O–H groups in total. The van der Waals surface area contributed by atoms with Crippen LogP contribution in [-0.4, -0.2) is 24.3 Å². The molecule has 1 fully saturated rings. The second-order valence-electron chi connectivity index (χ2n) is 5.46. The molecule has 5 nitrogen and oxygen atoms in total. The molecular weight excluding hydrogens is 395 g/mol. The second-order valence-corrected chi connectivity index (χ2v) is 7.27. The Bertz CT molecular complexity index is 959. The summed E-state index contributed by atoms with van der Waals surface area (Å²) in [6.07, 6.45) is 1.78. The van der Waals surface area contributed by atoms with Gasteiger partial charge in [0.15, 0.2) is 16.7 Å². The molecule has 0 unspecified atom stereocenters. The first-order valence-electron chi connectivity index (χ1n) is 7.73. The Morgan fingerprint density at radius 3 is 2.77 bits per heavy atom. The van der Waals surface area contributed by atoms with E-state index in [0.717, 1.165) is 5.56 Å². The van der Waals surface area contributed by atoms with Gasteiger partial charge in [0, 0.05) is 0 Å². The summed E-state index contributed by atoms with van der Waals surface area (Å²) in [7, 11) is 0. The van der Waals surface area contributed by atoms with E-state index < -0.39 is 0 Å². The summed E-state index contributed by atoms with van der Waals surface area (Å²) in [5, 5.41) is 3.94.